The average Bonchev–Trinajstić information content (AvgIpc) is 2.47. The molecule has 2 rings (SSSR count). The molecule has 104 valence electrons. The molecule has 0 aliphatic heterocycles. The molecule has 0 saturated heterocycles. The van der Waals surface area contributed by atoms with Crippen molar-refractivity contribution in [2.24, 2.45) is 0 Å². The second kappa shape index (κ2) is 5.66. The van der Waals surface area contributed by atoms with Gasteiger partial charge in [0.05, 0.1) is 10.5 Å². The zero-order chi connectivity index (χ0) is 15.4. The van der Waals surface area contributed by atoms with Crippen LogP contribution in [0.15, 0.2) is 36.4 Å². The summed E-state index contributed by atoms with van der Waals surface area (Å²) in [7, 11) is 0. The van der Waals surface area contributed by atoms with E-state index >= 15 is 0 Å². The Hall–Kier alpha value is -3.47. The first kappa shape index (κ1) is 14.0. The lowest BCUT2D eigenvalue weighted by molar-refractivity contribution is -0.385. The molecule has 1 aromatic carbocycles. The number of carboxylic acids is 1. The average molecular weight is 284 g/mol. The molecule has 2 aromatic rings. The second-order valence-electron chi connectivity index (χ2n) is 3.94. The van der Waals surface area contributed by atoms with Crippen LogP contribution in [0.2, 0.25) is 0 Å². The van der Waals surface area contributed by atoms with E-state index in [9.17, 15) is 14.9 Å². The molecule has 0 aliphatic rings. The normalized spacial score (nSPS) is 9.67. The number of pyridine rings is 1. The number of benzene rings is 1. The third kappa shape index (κ3) is 3.10. The first-order chi connectivity index (χ1) is 10.0. The number of hydrogen-bond acceptors (Lipinski definition) is 6. The number of anilines is 2. The van der Waals surface area contributed by atoms with Crippen molar-refractivity contribution in [3.8, 4) is 6.07 Å². The van der Waals surface area contributed by atoms with Crippen LogP contribution >= 0.6 is 0 Å². The fraction of sp³-hybridized carbons (Fsp3) is 0. The van der Waals surface area contributed by atoms with E-state index in [0.717, 1.165) is 0 Å². The summed E-state index contributed by atoms with van der Waals surface area (Å²) in [6.45, 7) is 0. The molecule has 0 spiro atoms. The molecular weight excluding hydrogens is 276 g/mol. The summed E-state index contributed by atoms with van der Waals surface area (Å²) in [5, 5.41) is 31.2. The van der Waals surface area contributed by atoms with Crippen LogP contribution in [-0.4, -0.2) is 21.0 Å². The molecule has 0 saturated carbocycles. The van der Waals surface area contributed by atoms with E-state index in [-0.39, 0.29) is 22.8 Å². The minimum Gasteiger partial charge on any atom is -0.478 e. The van der Waals surface area contributed by atoms with Gasteiger partial charge >= 0.3 is 11.7 Å². The van der Waals surface area contributed by atoms with Crippen LogP contribution in [0.4, 0.5) is 17.2 Å². The van der Waals surface area contributed by atoms with Crippen LogP contribution in [-0.2, 0) is 0 Å². The molecule has 1 aromatic heterocycles. The van der Waals surface area contributed by atoms with Gasteiger partial charge in [0.25, 0.3) is 0 Å². The molecule has 8 nitrogen and oxygen atoms in total. The molecule has 1 heterocycles. The number of nitriles is 1. The molecule has 0 bridgehead atoms. The van der Waals surface area contributed by atoms with Crippen molar-refractivity contribution >= 4 is 23.2 Å². The van der Waals surface area contributed by atoms with E-state index in [4.69, 9.17) is 10.4 Å². The largest absolute Gasteiger partial charge is 0.478 e. The Kier molecular flexibility index (Phi) is 3.76. The van der Waals surface area contributed by atoms with Crippen molar-refractivity contribution in [2.45, 2.75) is 0 Å². The maximum Gasteiger partial charge on any atom is 0.335 e. The zero-order valence-corrected chi connectivity index (χ0v) is 10.5. The van der Waals surface area contributed by atoms with Crippen LogP contribution in [0.5, 0.6) is 0 Å². The number of nitrogens with zero attached hydrogens (tertiary/aromatic N) is 3. The molecule has 0 unspecified atom stereocenters. The standard InChI is InChI=1S/C13H8N4O4/c14-7-10-11(17(20)21)5-6-12(16-10)15-9-3-1-8(2-4-9)13(18)19/h1-6H,(H,15,16)(H,18,19). The second-order valence-corrected chi connectivity index (χ2v) is 3.94. The quantitative estimate of drug-likeness (QED) is 0.650. The molecule has 0 atom stereocenters. The van der Waals surface area contributed by atoms with Crippen LogP contribution in [0.1, 0.15) is 16.1 Å². The van der Waals surface area contributed by atoms with Gasteiger partial charge in [-0.15, -0.1) is 0 Å². The van der Waals surface area contributed by atoms with Gasteiger partial charge < -0.3 is 10.4 Å². The predicted molar refractivity (Wildman–Crippen MR) is 72.3 cm³/mol. The lowest BCUT2D eigenvalue weighted by atomic mass is 10.2. The molecular formula is C13H8N4O4. The third-order valence-electron chi connectivity index (χ3n) is 2.58. The van der Waals surface area contributed by atoms with E-state index in [0.29, 0.717) is 5.69 Å². The monoisotopic (exact) mass is 284 g/mol. The van der Waals surface area contributed by atoms with Gasteiger partial charge in [0.2, 0.25) is 5.69 Å². The summed E-state index contributed by atoms with van der Waals surface area (Å²) >= 11 is 0. The summed E-state index contributed by atoms with van der Waals surface area (Å²) in [6.07, 6.45) is 0. The summed E-state index contributed by atoms with van der Waals surface area (Å²) in [4.78, 5) is 24.6. The highest BCUT2D eigenvalue weighted by Crippen LogP contribution is 2.21. The van der Waals surface area contributed by atoms with E-state index in [1.54, 1.807) is 6.07 Å². The molecule has 0 aliphatic carbocycles. The van der Waals surface area contributed by atoms with Crippen molar-refractivity contribution in [2.75, 3.05) is 5.32 Å². The number of nitrogens with one attached hydrogen (secondary N) is 1. The van der Waals surface area contributed by atoms with Gasteiger partial charge in [0.15, 0.2) is 0 Å². The summed E-state index contributed by atoms with van der Waals surface area (Å²) < 4.78 is 0. The fourth-order valence-electron chi connectivity index (χ4n) is 1.60. The van der Waals surface area contributed by atoms with Crippen molar-refractivity contribution < 1.29 is 14.8 Å². The Morgan fingerprint density at radius 1 is 1.29 bits per heavy atom. The molecule has 2 N–H and O–H groups in total. The van der Waals surface area contributed by atoms with Gasteiger partial charge in [-0.25, -0.2) is 9.78 Å². The zero-order valence-electron chi connectivity index (χ0n) is 10.5. The van der Waals surface area contributed by atoms with Gasteiger partial charge in [0, 0.05) is 11.8 Å². The van der Waals surface area contributed by atoms with Gasteiger partial charge in [-0.1, -0.05) is 0 Å². The number of nitro groups is 1. The summed E-state index contributed by atoms with van der Waals surface area (Å²) in [5.74, 6) is -0.790. The molecule has 0 fully saturated rings. The maximum atomic E-state index is 10.7. The van der Waals surface area contributed by atoms with E-state index in [2.05, 4.69) is 10.3 Å². The van der Waals surface area contributed by atoms with Crippen LogP contribution in [0, 0.1) is 21.4 Å². The predicted octanol–water partition coefficient (Wildman–Crippen LogP) is 2.30. The van der Waals surface area contributed by atoms with Crippen LogP contribution in [0.25, 0.3) is 0 Å². The number of carbonyl (C=O) groups is 1. The fourth-order valence-corrected chi connectivity index (χ4v) is 1.60. The maximum absolute atomic E-state index is 10.7. The van der Waals surface area contributed by atoms with Gasteiger partial charge in [-0.2, -0.15) is 5.26 Å². The van der Waals surface area contributed by atoms with E-state index in [1.165, 1.54) is 36.4 Å². The Balaban J connectivity index is 2.26. The first-order valence-corrected chi connectivity index (χ1v) is 5.67. The van der Waals surface area contributed by atoms with Crippen LogP contribution < -0.4 is 5.32 Å². The number of rotatable bonds is 4. The van der Waals surface area contributed by atoms with E-state index < -0.39 is 10.9 Å². The first-order valence-electron chi connectivity index (χ1n) is 5.67. The van der Waals surface area contributed by atoms with Gasteiger partial charge in [-0.3, -0.25) is 10.1 Å². The van der Waals surface area contributed by atoms with E-state index in [1.807, 2.05) is 0 Å². The highest BCUT2D eigenvalue weighted by molar-refractivity contribution is 5.88. The van der Waals surface area contributed by atoms with Crippen molar-refractivity contribution in [1.82, 2.24) is 4.98 Å². The third-order valence-corrected chi connectivity index (χ3v) is 2.58. The number of hydrogen-bond donors (Lipinski definition) is 2. The summed E-state index contributed by atoms with van der Waals surface area (Å²) in [5.41, 5.74) is 0.0107. The lowest BCUT2D eigenvalue weighted by Gasteiger charge is -2.06. The number of aromatic carboxylic acids is 1. The molecule has 21 heavy (non-hydrogen) atoms. The number of carboxylic acid groups (broad SMARTS) is 1. The Labute approximate surface area is 118 Å². The highest BCUT2D eigenvalue weighted by Gasteiger charge is 2.15. The van der Waals surface area contributed by atoms with Gasteiger partial charge in [-0.05, 0) is 30.3 Å². The smallest absolute Gasteiger partial charge is 0.335 e. The summed E-state index contributed by atoms with van der Waals surface area (Å²) in [6, 6.07) is 10.1. The lowest BCUT2D eigenvalue weighted by Crippen LogP contribution is -2.00. The van der Waals surface area contributed by atoms with Crippen molar-refractivity contribution in [3.05, 3.63) is 57.8 Å². The molecule has 0 radical (unpaired) electrons. The number of aromatic nitrogens is 1. The van der Waals surface area contributed by atoms with Crippen LogP contribution in [0.3, 0.4) is 0 Å². The molecule has 0 amide bonds. The van der Waals surface area contributed by atoms with Crippen molar-refractivity contribution in [3.63, 3.8) is 0 Å². The minimum atomic E-state index is -1.04. The minimum absolute atomic E-state index is 0.134. The van der Waals surface area contributed by atoms with Gasteiger partial charge in [0.1, 0.15) is 11.9 Å². The Bertz CT molecular complexity index is 750. The Morgan fingerprint density at radius 2 is 1.95 bits per heavy atom. The molecule has 8 heteroatoms. The van der Waals surface area contributed by atoms with Crippen molar-refractivity contribution in [1.29, 1.82) is 5.26 Å². The highest BCUT2D eigenvalue weighted by atomic mass is 16.6. The topological polar surface area (TPSA) is 129 Å². The SMILES string of the molecule is N#Cc1nc(Nc2ccc(C(=O)O)cc2)ccc1[N+](=O)[O-]. The Morgan fingerprint density at radius 3 is 2.48 bits per heavy atom.